The third kappa shape index (κ3) is 2.64. The monoisotopic (exact) mass is 313 g/mol. The van der Waals surface area contributed by atoms with Gasteiger partial charge in [0.25, 0.3) is 0 Å². The van der Waals surface area contributed by atoms with Crippen molar-refractivity contribution in [3.05, 3.63) is 34.7 Å². The number of pyridine rings is 1. The van der Waals surface area contributed by atoms with E-state index in [1.165, 1.54) is 0 Å². The predicted octanol–water partition coefficient (Wildman–Crippen LogP) is 4.30. The second-order valence-corrected chi connectivity index (χ2v) is 6.12. The number of benzene rings is 1. The Kier molecular flexibility index (Phi) is 3.98. The maximum absolute atomic E-state index is 5.39. The van der Waals surface area contributed by atoms with E-state index in [1.807, 2.05) is 23.6 Å². The lowest BCUT2D eigenvalue weighted by Crippen LogP contribution is -1.92. The maximum atomic E-state index is 5.39. The zero-order chi connectivity index (χ0) is 15.7. The zero-order valence-corrected chi connectivity index (χ0v) is 13.8. The van der Waals surface area contributed by atoms with E-state index in [9.17, 15) is 0 Å². The summed E-state index contributed by atoms with van der Waals surface area (Å²) in [6, 6.07) is 8.82. The van der Waals surface area contributed by atoms with Gasteiger partial charge in [-0.3, -0.25) is 0 Å². The molecule has 113 valence electrons. The van der Waals surface area contributed by atoms with Crippen molar-refractivity contribution in [2.45, 2.75) is 19.8 Å². The number of fused-ring (bicyclic) bond motifs is 1. The van der Waals surface area contributed by atoms with Crippen molar-refractivity contribution in [1.29, 1.82) is 0 Å². The minimum Gasteiger partial charge on any atom is -0.497 e. The smallest absolute Gasteiger partial charge is 0.132 e. The highest BCUT2D eigenvalue weighted by Gasteiger charge is 2.12. The normalized spacial score (nSPS) is 11.1. The molecule has 1 radical (unpaired) electrons. The summed E-state index contributed by atoms with van der Waals surface area (Å²) >= 11 is 1.66. The highest BCUT2D eigenvalue weighted by atomic mass is 32.1. The van der Waals surface area contributed by atoms with Gasteiger partial charge in [0.2, 0.25) is 0 Å². The van der Waals surface area contributed by atoms with Crippen molar-refractivity contribution in [2.75, 3.05) is 14.2 Å². The van der Waals surface area contributed by atoms with Gasteiger partial charge in [-0.1, -0.05) is 13.8 Å². The summed E-state index contributed by atoms with van der Waals surface area (Å²) in [6.07, 6.45) is 0. The van der Waals surface area contributed by atoms with Gasteiger partial charge in [-0.15, -0.1) is 11.3 Å². The van der Waals surface area contributed by atoms with Crippen molar-refractivity contribution >= 4 is 22.2 Å². The van der Waals surface area contributed by atoms with E-state index in [1.54, 1.807) is 25.6 Å². The molecule has 0 spiro atoms. The van der Waals surface area contributed by atoms with Gasteiger partial charge in [0.05, 0.1) is 41.5 Å². The maximum Gasteiger partial charge on any atom is 0.132 e. The number of thiazole rings is 1. The van der Waals surface area contributed by atoms with Gasteiger partial charge in [-0.05, 0) is 12.1 Å². The van der Waals surface area contributed by atoms with Crippen LogP contribution in [0, 0.1) is 6.07 Å². The number of ether oxygens (including phenoxy) is 2. The van der Waals surface area contributed by atoms with Crippen LogP contribution in [0.25, 0.3) is 22.3 Å². The van der Waals surface area contributed by atoms with Crippen molar-refractivity contribution in [2.24, 2.45) is 0 Å². The second-order valence-electron chi connectivity index (χ2n) is 5.24. The average molecular weight is 313 g/mol. The van der Waals surface area contributed by atoms with Gasteiger partial charge in [0.1, 0.15) is 11.5 Å². The first-order valence-electron chi connectivity index (χ1n) is 7.02. The fourth-order valence-corrected chi connectivity index (χ4v) is 3.02. The SMILES string of the molecule is COc1cc(OC)c2[c]cc(-c3csc(C(C)C)n3)nc2c1. The average Bonchev–Trinajstić information content (AvgIpc) is 3.03. The van der Waals surface area contributed by atoms with Crippen LogP contribution in [0.5, 0.6) is 11.5 Å². The molecule has 0 amide bonds. The number of nitrogens with zero attached hydrogens (tertiary/aromatic N) is 2. The minimum atomic E-state index is 0.420. The third-order valence-electron chi connectivity index (χ3n) is 3.38. The number of rotatable bonds is 4. The molecule has 0 fully saturated rings. The Morgan fingerprint density at radius 2 is 1.91 bits per heavy atom. The number of hydrogen-bond donors (Lipinski definition) is 0. The van der Waals surface area contributed by atoms with Crippen LogP contribution in [0.1, 0.15) is 24.8 Å². The van der Waals surface area contributed by atoms with Crippen molar-refractivity contribution < 1.29 is 9.47 Å². The van der Waals surface area contributed by atoms with Crippen LogP contribution in [-0.4, -0.2) is 24.2 Å². The molecule has 2 aromatic heterocycles. The topological polar surface area (TPSA) is 44.2 Å². The number of methoxy groups -OCH3 is 2. The summed E-state index contributed by atoms with van der Waals surface area (Å²) < 4.78 is 10.7. The largest absolute Gasteiger partial charge is 0.497 e. The molecule has 5 heteroatoms. The van der Waals surface area contributed by atoms with Gasteiger partial charge in [0.15, 0.2) is 0 Å². The number of hydrogen-bond acceptors (Lipinski definition) is 5. The molecule has 0 aliphatic heterocycles. The Hall–Kier alpha value is -2.14. The van der Waals surface area contributed by atoms with Crippen LogP contribution < -0.4 is 9.47 Å². The van der Waals surface area contributed by atoms with Crippen LogP contribution in [0.15, 0.2) is 23.6 Å². The Balaban J connectivity index is 2.11. The Morgan fingerprint density at radius 1 is 1.09 bits per heavy atom. The number of aromatic nitrogens is 2. The molecule has 0 atom stereocenters. The Labute approximate surface area is 133 Å². The second kappa shape index (κ2) is 5.93. The van der Waals surface area contributed by atoms with E-state index < -0.39 is 0 Å². The summed E-state index contributed by atoms with van der Waals surface area (Å²) in [5.74, 6) is 1.83. The summed E-state index contributed by atoms with van der Waals surface area (Å²) in [7, 11) is 3.26. The molecule has 0 bridgehead atoms. The molecular formula is C17H17N2O2S. The molecule has 0 aliphatic rings. The van der Waals surface area contributed by atoms with Gasteiger partial charge in [-0.25, -0.2) is 9.97 Å². The highest BCUT2D eigenvalue weighted by molar-refractivity contribution is 7.10. The molecule has 0 aliphatic carbocycles. The van der Waals surface area contributed by atoms with Gasteiger partial charge >= 0.3 is 0 Å². The molecule has 1 aromatic carbocycles. The van der Waals surface area contributed by atoms with E-state index >= 15 is 0 Å². The molecule has 22 heavy (non-hydrogen) atoms. The first-order valence-corrected chi connectivity index (χ1v) is 7.90. The lowest BCUT2D eigenvalue weighted by atomic mass is 10.1. The van der Waals surface area contributed by atoms with Crippen LogP contribution in [0.2, 0.25) is 0 Å². The van der Waals surface area contributed by atoms with Crippen molar-refractivity contribution in [3.63, 3.8) is 0 Å². The Bertz CT molecular complexity index is 812. The minimum absolute atomic E-state index is 0.420. The summed E-state index contributed by atoms with van der Waals surface area (Å²) in [6.45, 7) is 4.27. The van der Waals surface area contributed by atoms with Crippen molar-refractivity contribution in [1.82, 2.24) is 9.97 Å². The Morgan fingerprint density at radius 3 is 2.55 bits per heavy atom. The lowest BCUT2D eigenvalue weighted by Gasteiger charge is -2.08. The zero-order valence-electron chi connectivity index (χ0n) is 13.0. The fraction of sp³-hybridized carbons (Fsp3) is 0.294. The molecule has 0 N–H and O–H groups in total. The third-order valence-corrected chi connectivity index (χ3v) is 4.53. The molecule has 2 heterocycles. The standard InChI is InChI=1S/C17H17N2O2S/c1-10(2)17-19-15(9-22-17)13-6-5-12-14(18-13)7-11(20-3)8-16(12)21-4/h6-10H,1-4H3. The van der Waals surface area contributed by atoms with E-state index in [0.717, 1.165) is 27.3 Å². The van der Waals surface area contributed by atoms with Crippen LogP contribution in [0.4, 0.5) is 0 Å². The summed E-state index contributed by atoms with van der Waals surface area (Å²) in [5.41, 5.74) is 2.48. The molecule has 0 unspecified atom stereocenters. The lowest BCUT2D eigenvalue weighted by molar-refractivity contribution is 0.398. The van der Waals surface area contributed by atoms with Crippen LogP contribution >= 0.6 is 11.3 Å². The van der Waals surface area contributed by atoms with E-state index in [2.05, 4.69) is 29.9 Å². The van der Waals surface area contributed by atoms with E-state index in [4.69, 9.17) is 9.47 Å². The molecule has 3 rings (SSSR count). The highest BCUT2D eigenvalue weighted by Crippen LogP contribution is 2.32. The molecule has 4 nitrogen and oxygen atoms in total. The van der Waals surface area contributed by atoms with Crippen molar-refractivity contribution in [3.8, 4) is 22.9 Å². The quantitative estimate of drug-likeness (QED) is 0.720. The van der Waals surface area contributed by atoms with E-state index in [-0.39, 0.29) is 0 Å². The van der Waals surface area contributed by atoms with Crippen LogP contribution in [-0.2, 0) is 0 Å². The van der Waals surface area contributed by atoms with Gasteiger partial charge in [-0.2, -0.15) is 0 Å². The molecule has 0 saturated heterocycles. The summed E-state index contributed by atoms with van der Waals surface area (Å²) in [5, 5.41) is 3.99. The predicted molar refractivity (Wildman–Crippen MR) is 88.9 cm³/mol. The van der Waals surface area contributed by atoms with Gasteiger partial charge < -0.3 is 9.47 Å². The van der Waals surface area contributed by atoms with Gasteiger partial charge in [0, 0.05) is 23.4 Å². The van der Waals surface area contributed by atoms with E-state index in [0.29, 0.717) is 17.4 Å². The molecular weight excluding hydrogens is 296 g/mol. The first-order chi connectivity index (χ1) is 10.6. The fourth-order valence-electron chi connectivity index (χ4n) is 2.19. The molecule has 0 saturated carbocycles. The van der Waals surface area contributed by atoms with Crippen LogP contribution in [0.3, 0.4) is 0 Å². The molecule has 3 aromatic rings. The summed E-state index contributed by atoms with van der Waals surface area (Å²) in [4.78, 5) is 9.33. The first kappa shape index (κ1) is 14.8.